The topological polar surface area (TPSA) is 89.9 Å². The van der Waals surface area contributed by atoms with Crippen molar-refractivity contribution in [2.45, 2.75) is 61.6 Å². The second kappa shape index (κ2) is 10.6. The summed E-state index contributed by atoms with van der Waals surface area (Å²) in [5, 5.41) is 12.1. The molecule has 1 aromatic carbocycles. The molecule has 2 atom stereocenters. The highest BCUT2D eigenvalue weighted by molar-refractivity contribution is 7.99. The molecule has 0 radical (unpaired) electrons. The number of rotatable bonds is 4. The van der Waals surface area contributed by atoms with Gasteiger partial charge in [0.05, 0.1) is 6.10 Å². The highest BCUT2D eigenvalue weighted by Gasteiger charge is 2.35. The van der Waals surface area contributed by atoms with E-state index in [-0.39, 0.29) is 17.9 Å². The van der Waals surface area contributed by atoms with E-state index in [1.807, 2.05) is 4.90 Å². The van der Waals surface area contributed by atoms with Crippen LogP contribution in [0.4, 0.5) is 0 Å². The molecular weight excluding hydrogens is 462 g/mol. The van der Waals surface area contributed by atoms with Crippen LogP contribution >= 0.6 is 11.8 Å². The number of carbonyl (C=O) groups is 2. The van der Waals surface area contributed by atoms with Crippen LogP contribution in [-0.2, 0) is 17.8 Å². The fourth-order valence-electron chi connectivity index (χ4n) is 5.47. The van der Waals surface area contributed by atoms with E-state index >= 15 is 0 Å². The summed E-state index contributed by atoms with van der Waals surface area (Å²) in [5.74, 6) is -0.0263. The average molecular weight is 496 g/mol. The molecule has 2 aromatic rings. The lowest BCUT2D eigenvalue weighted by Gasteiger charge is -2.43. The average Bonchev–Trinajstić information content (AvgIpc) is 2.88. The first-order valence-electron chi connectivity index (χ1n) is 12.5. The summed E-state index contributed by atoms with van der Waals surface area (Å²) in [4.78, 5) is 39.3. The highest BCUT2D eigenvalue weighted by atomic mass is 32.2. The number of amides is 2. The van der Waals surface area contributed by atoms with Gasteiger partial charge in [-0.2, -0.15) is 0 Å². The fourth-order valence-corrected chi connectivity index (χ4v) is 6.55. The van der Waals surface area contributed by atoms with Gasteiger partial charge in [0, 0.05) is 63.6 Å². The first kappa shape index (κ1) is 24.2. The summed E-state index contributed by atoms with van der Waals surface area (Å²) in [7, 11) is 0. The number of fused-ring (bicyclic) bond motifs is 1. The Kier molecular flexibility index (Phi) is 7.36. The molecule has 2 fully saturated rings. The van der Waals surface area contributed by atoms with E-state index in [4.69, 9.17) is 0 Å². The molecule has 3 aliphatic rings. The van der Waals surface area contributed by atoms with E-state index in [2.05, 4.69) is 39.1 Å². The zero-order valence-corrected chi connectivity index (χ0v) is 21.0. The van der Waals surface area contributed by atoms with Crippen molar-refractivity contribution in [3.63, 3.8) is 0 Å². The van der Waals surface area contributed by atoms with Crippen molar-refractivity contribution >= 4 is 23.6 Å². The van der Waals surface area contributed by atoms with E-state index < -0.39 is 6.10 Å². The number of aliphatic hydroxyl groups excluding tert-OH is 1. The van der Waals surface area contributed by atoms with Crippen molar-refractivity contribution in [2.75, 3.05) is 32.7 Å². The van der Waals surface area contributed by atoms with Gasteiger partial charge in [0.2, 0.25) is 5.91 Å². The minimum Gasteiger partial charge on any atom is -0.390 e. The molecule has 3 aliphatic heterocycles. The van der Waals surface area contributed by atoms with E-state index in [0.29, 0.717) is 24.0 Å². The minimum absolute atomic E-state index is 0.0600. The van der Waals surface area contributed by atoms with Crippen LogP contribution in [0.1, 0.15) is 47.8 Å². The van der Waals surface area contributed by atoms with Gasteiger partial charge in [-0.1, -0.05) is 24.3 Å². The van der Waals surface area contributed by atoms with Crippen molar-refractivity contribution in [1.29, 1.82) is 0 Å². The predicted octanol–water partition coefficient (Wildman–Crippen LogP) is 2.21. The van der Waals surface area contributed by atoms with E-state index in [9.17, 15) is 14.7 Å². The highest BCUT2D eigenvalue weighted by Crippen LogP contribution is 2.30. The van der Waals surface area contributed by atoms with Crippen molar-refractivity contribution in [2.24, 2.45) is 0 Å². The standard InChI is InChI=1S/C26H33N5O3S/c1-18(32)29-11-7-21(8-12-29)35-25-14-22(27-17-28-25)26(34)31-13-9-23(24(33)16-31)30-10-6-19-4-2-3-5-20(19)15-30/h2-5,14,17,21,23-24,33H,6-13,15-16H2,1H3. The van der Waals surface area contributed by atoms with Gasteiger partial charge in [-0.3, -0.25) is 14.5 Å². The Hall–Kier alpha value is -2.49. The Morgan fingerprint density at radius 3 is 2.49 bits per heavy atom. The van der Waals surface area contributed by atoms with Crippen LogP contribution in [0.3, 0.4) is 0 Å². The van der Waals surface area contributed by atoms with Gasteiger partial charge in [0.15, 0.2) is 0 Å². The number of piperidine rings is 2. The summed E-state index contributed by atoms with van der Waals surface area (Å²) < 4.78 is 0. The van der Waals surface area contributed by atoms with Crippen molar-refractivity contribution < 1.29 is 14.7 Å². The molecule has 186 valence electrons. The number of likely N-dealkylation sites (tertiary alicyclic amines) is 2. The summed E-state index contributed by atoms with van der Waals surface area (Å²) in [6.45, 7) is 5.85. The second-order valence-corrected chi connectivity index (χ2v) is 11.0. The quantitative estimate of drug-likeness (QED) is 0.651. The molecule has 0 aliphatic carbocycles. The van der Waals surface area contributed by atoms with E-state index in [1.54, 1.807) is 29.7 Å². The monoisotopic (exact) mass is 495 g/mol. The second-order valence-electron chi connectivity index (χ2n) is 9.73. The number of β-amino-alcohol motifs (C(OH)–C–C–N with tert-alkyl or cyclic N) is 1. The van der Waals surface area contributed by atoms with Crippen molar-refractivity contribution in [3.05, 3.63) is 53.5 Å². The van der Waals surface area contributed by atoms with Crippen LogP contribution < -0.4 is 0 Å². The molecule has 4 heterocycles. The number of hydrogen-bond acceptors (Lipinski definition) is 7. The van der Waals surface area contributed by atoms with E-state index in [0.717, 1.165) is 56.9 Å². The SMILES string of the molecule is CC(=O)N1CCC(Sc2cc(C(=O)N3CCC(N4CCc5ccccc5C4)C(O)C3)ncn2)CC1. The van der Waals surface area contributed by atoms with Gasteiger partial charge >= 0.3 is 0 Å². The Morgan fingerprint density at radius 2 is 1.74 bits per heavy atom. The summed E-state index contributed by atoms with van der Waals surface area (Å²) in [6, 6.07) is 10.3. The summed E-state index contributed by atoms with van der Waals surface area (Å²) >= 11 is 1.65. The number of aromatic nitrogens is 2. The van der Waals surface area contributed by atoms with Gasteiger partial charge in [-0.05, 0) is 36.8 Å². The van der Waals surface area contributed by atoms with Crippen LogP contribution in [0, 0.1) is 0 Å². The lowest BCUT2D eigenvalue weighted by atomic mass is 9.94. The third-order valence-electron chi connectivity index (χ3n) is 7.50. The van der Waals surface area contributed by atoms with Crippen LogP contribution in [0.5, 0.6) is 0 Å². The zero-order valence-electron chi connectivity index (χ0n) is 20.2. The summed E-state index contributed by atoms with van der Waals surface area (Å²) in [6.07, 6.45) is 4.44. The van der Waals surface area contributed by atoms with Crippen molar-refractivity contribution in [3.8, 4) is 0 Å². The maximum atomic E-state index is 13.2. The number of nitrogens with zero attached hydrogens (tertiary/aromatic N) is 5. The maximum absolute atomic E-state index is 13.2. The molecule has 2 amide bonds. The Bertz CT molecular complexity index is 1070. The molecule has 35 heavy (non-hydrogen) atoms. The first-order chi connectivity index (χ1) is 17.0. The van der Waals surface area contributed by atoms with Crippen molar-refractivity contribution in [1.82, 2.24) is 24.7 Å². The summed E-state index contributed by atoms with van der Waals surface area (Å²) in [5.41, 5.74) is 3.11. The molecule has 1 N–H and O–H groups in total. The molecule has 0 bridgehead atoms. The Balaban J connectivity index is 1.17. The molecule has 1 aromatic heterocycles. The normalized spacial score (nSPS) is 23.7. The molecule has 0 saturated carbocycles. The predicted molar refractivity (Wildman–Crippen MR) is 134 cm³/mol. The van der Waals surface area contributed by atoms with Crippen LogP contribution in [0.2, 0.25) is 0 Å². The Labute approximate surface area is 210 Å². The largest absolute Gasteiger partial charge is 0.390 e. The third-order valence-corrected chi connectivity index (χ3v) is 8.77. The molecule has 9 heteroatoms. The lowest BCUT2D eigenvalue weighted by Crippen LogP contribution is -2.56. The number of aliphatic hydroxyl groups is 1. The number of thioether (sulfide) groups is 1. The minimum atomic E-state index is -0.583. The van der Waals surface area contributed by atoms with Gasteiger partial charge in [-0.25, -0.2) is 9.97 Å². The number of hydrogen-bond donors (Lipinski definition) is 1. The molecule has 8 nitrogen and oxygen atoms in total. The van der Waals surface area contributed by atoms with Gasteiger partial charge in [0.25, 0.3) is 5.91 Å². The third kappa shape index (κ3) is 5.52. The maximum Gasteiger partial charge on any atom is 0.272 e. The van der Waals surface area contributed by atoms with Crippen LogP contribution in [-0.4, -0.2) is 91.7 Å². The lowest BCUT2D eigenvalue weighted by molar-refractivity contribution is -0.129. The molecule has 5 rings (SSSR count). The van der Waals surface area contributed by atoms with Gasteiger partial charge < -0.3 is 14.9 Å². The van der Waals surface area contributed by atoms with Gasteiger partial charge in [-0.15, -0.1) is 11.8 Å². The van der Waals surface area contributed by atoms with Crippen LogP contribution in [0.25, 0.3) is 0 Å². The smallest absolute Gasteiger partial charge is 0.272 e. The first-order valence-corrected chi connectivity index (χ1v) is 13.4. The Morgan fingerprint density at radius 1 is 1.00 bits per heavy atom. The molecule has 2 saturated heterocycles. The number of carbonyl (C=O) groups excluding carboxylic acids is 2. The molecule has 2 unspecified atom stereocenters. The molecular formula is C26H33N5O3S. The fraction of sp³-hybridized carbons (Fsp3) is 0.538. The zero-order chi connectivity index (χ0) is 24.4. The van der Waals surface area contributed by atoms with Crippen LogP contribution in [0.15, 0.2) is 41.7 Å². The number of benzene rings is 1. The van der Waals surface area contributed by atoms with E-state index in [1.165, 1.54) is 17.5 Å². The molecule has 0 spiro atoms. The van der Waals surface area contributed by atoms with Gasteiger partial charge in [0.1, 0.15) is 17.0 Å².